The number of nitrogens with zero attached hydrogens (tertiary/aromatic N) is 2. The predicted molar refractivity (Wildman–Crippen MR) is 69.5 cm³/mol. The Morgan fingerprint density at radius 1 is 1.47 bits per heavy atom. The summed E-state index contributed by atoms with van der Waals surface area (Å²) in [4.78, 5) is 10.7. The van der Waals surface area contributed by atoms with E-state index in [1.54, 1.807) is 11.3 Å². The lowest BCUT2D eigenvalue weighted by molar-refractivity contribution is 0.117. The van der Waals surface area contributed by atoms with Crippen molar-refractivity contribution in [1.82, 2.24) is 9.97 Å². The molecule has 1 aliphatic carbocycles. The summed E-state index contributed by atoms with van der Waals surface area (Å²) in [6, 6.07) is 2.12. The standard InChI is InChI=1S/C12H15N3OS/c1-2-8-6-9-10(16-7-4-3-5-7)14-12(13)15-11(9)17-8/h6-7H,2-5H2,1H3,(H2,13,14,15). The second-order valence-electron chi connectivity index (χ2n) is 4.34. The van der Waals surface area contributed by atoms with Gasteiger partial charge in [-0.1, -0.05) is 6.92 Å². The first-order valence-corrected chi connectivity index (χ1v) is 6.80. The number of aryl methyl sites for hydroxylation is 1. The van der Waals surface area contributed by atoms with Crippen LogP contribution in [0.1, 0.15) is 31.1 Å². The molecule has 0 unspecified atom stereocenters. The van der Waals surface area contributed by atoms with Crippen molar-refractivity contribution in [3.05, 3.63) is 10.9 Å². The van der Waals surface area contributed by atoms with E-state index in [1.807, 2.05) is 0 Å². The molecule has 0 aliphatic heterocycles. The Balaban J connectivity index is 2.04. The van der Waals surface area contributed by atoms with Gasteiger partial charge >= 0.3 is 0 Å². The van der Waals surface area contributed by atoms with Gasteiger partial charge in [0.15, 0.2) is 0 Å². The number of fused-ring (bicyclic) bond motifs is 1. The van der Waals surface area contributed by atoms with Crippen molar-refractivity contribution in [2.45, 2.75) is 38.7 Å². The first-order valence-electron chi connectivity index (χ1n) is 5.99. The molecule has 0 atom stereocenters. The summed E-state index contributed by atoms with van der Waals surface area (Å²) in [5.41, 5.74) is 5.72. The topological polar surface area (TPSA) is 61.0 Å². The summed E-state index contributed by atoms with van der Waals surface area (Å²) in [6.45, 7) is 2.13. The van der Waals surface area contributed by atoms with Crippen molar-refractivity contribution in [2.75, 3.05) is 5.73 Å². The van der Waals surface area contributed by atoms with Gasteiger partial charge in [0.1, 0.15) is 10.9 Å². The number of hydrogen-bond acceptors (Lipinski definition) is 5. The predicted octanol–water partition coefficient (Wildman–Crippen LogP) is 2.77. The summed E-state index contributed by atoms with van der Waals surface area (Å²) in [5.74, 6) is 0.962. The lowest BCUT2D eigenvalue weighted by Crippen LogP contribution is -2.25. The van der Waals surface area contributed by atoms with Gasteiger partial charge in [-0.25, -0.2) is 4.98 Å². The number of aromatic nitrogens is 2. The molecule has 1 saturated carbocycles. The molecule has 0 saturated heterocycles. The number of thiophene rings is 1. The fourth-order valence-corrected chi connectivity index (χ4v) is 2.84. The van der Waals surface area contributed by atoms with Gasteiger partial charge in [0, 0.05) is 4.88 Å². The van der Waals surface area contributed by atoms with Crippen molar-refractivity contribution in [3.63, 3.8) is 0 Å². The molecule has 4 nitrogen and oxygen atoms in total. The van der Waals surface area contributed by atoms with Crippen LogP contribution in [0.25, 0.3) is 10.2 Å². The molecule has 90 valence electrons. The molecule has 2 aromatic heterocycles. The van der Waals surface area contributed by atoms with Gasteiger partial charge in [0.25, 0.3) is 0 Å². The van der Waals surface area contributed by atoms with Crippen LogP contribution in [0.15, 0.2) is 6.07 Å². The van der Waals surface area contributed by atoms with Crippen LogP contribution in [0, 0.1) is 0 Å². The van der Waals surface area contributed by atoms with Crippen molar-refractivity contribution >= 4 is 27.5 Å². The molecule has 0 radical (unpaired) electrons. The molecular weight excluding hydrogens is 234 g/mol. The van der Waals surface area contributed by atoms with Crippen LogP contribution < -0.4 is 10.5 Å². The molecule has 2 heterocycles. The molecule has 0 spiro atoms. The summed E-state index contributed by atoms with van der Waals surface area (Å²) in [7, 11) is 0. The molecule has 0 bridgehead atoms. The Bertz CT molecular complexity index is 548. The fraction of sp³-hybridized carbons (Fsp3) is 0.500. The molecule has 1 fully saturated rings. The van der Waals surface area contributed by atoms with E-state index in [0.717, 1.165) is 29.5 Å². The molecule has 0 amide bonds. The van der Waals surface area contributed by atoms with E-state index in [1.165, 1.54) is 11.3 Å². The van der Waals surface area contributed by atoms with E-state index >= 15 is 0 Å². The van der Waals surface area contributed by atoms with Gasteiger partial charge in [-0.15, -0.1) is 11.3 Å². The van der Waals surface area contributed by atoms with E-state index in [9.17, 15) is 0 Å². The fourth-order valence-electron chi connectivity index (χ4n) is 1.87. The first-order chi connectivity index (χ1) is 8.26. The Morgan fingerprint density at radius 2 is 2.29 bits per heavy atom. The third kappa shape index (κ3) is 1.95. The van der Waals surface area contributed by atoms with Gasteiger partial charge in [0.2, 0.25) is 11.8 Å². The Kier molecular flexibility index (Phi) is 2.63. The minimum atomic E-state index is 0.302. The minimum Gasteiger partial charge on any atom is -0.474 e. The number of ether oxygens (including phenoxy) is 1. The molecule has 3 rings (SSSR count). The Hall–Kier alpha value is -1.36. The summed E-state index contributed by atoms with van der Waals surface area (Å²) in [6.07, 6.45) is 4.81. The third-order valence-corrected chi connectivity index (χ3v) is 4.28. The van der Waals surface area contributed by atoms with Crippen LogP contribution in [0.2, 0.25) is 0 Å². The first kappa shape index (κ1) is 10.8. The molecule has 2 aromatic rings. The summed E-state index contributed by atoms with van der Waals surface area (Å²) < 4.78 is 5.88. The maximum Gasteiger partial charge on any atom is 0.227 e. The van der Waals surface area contributed by atoms with E-state index in [0.29, 0.717) is 17.9 Å². The van der Waals surface area contributed by atoms with Gasteiger partial charge in [0.05, 0.1) is 5.39 Å². The van der Waals surface area contributed by atoms with Crippen LogP contribution in [-0.4, -0.2) is 16.1 Å². The van der Waals surface area contributed by atoms with Crippen LogP contribution in [0.3, 0.4) is 0 Å². The van der Waals surface area contributed by atoms with E-state index in [4.69, 9.17) is 10.5 Å². The van der Waals surface area contributed by atoms with Gasteiger partial charge in [-0.05, 0) is 31.7 Å². The molecule has 1 aliphatic rings. The van der Waals surface area contributed by atoms with Crippen molar-refractivity contribution in [2.24, 2.45) is 0 Å². The van der Waals surface area contributed by atoms with Gasteiger partial charge in [-0.2, -0.15) is 4.98 Å². The highest BCUT2D eigenvalue weighted by Crippen LogP contribution is 2.33. The monoisotopic (exact) mass is 249 g/mol. The minimum absolute atomic E-state index is 0.302. The summed E-state index contributed by atoms with van der Waals surface area (Å²) in [5, 5.41) is 1.01. The molecule has 5 heteroatoms. The van der Waals surface area contributed by atoms with Gasteiger partial charge in [-0.3, -0.25) is 0 Å². The van der Waals surface area contributed by atoms with Crippen molar-refractivity contribution in [3.8, 4) is 5.88 Å². The van der Waals surface area contributed by atoms with E-state index in [2.05, 4.69) is 23.0 Å². The number of anilines is 1. The average Bonchev–Trinajstić information content (AvgIpc) is 2.65. The van der Waals surface area contributed by atoms with Crippen LogP contribution in [0.4, 0.5) is 5.95 Å². The van der Waals surface area contributed by atoms with Crippen molar-refractivity contribution < 1.29 is 4.74 Å². The number of rotatable bonds is 3. The largest absolute Gasteiger partial charge is 0.474 e. The zero-order valence-electron chi connectivity index (χ0n) is 9.77. The van der Waals surface area contributed by atoms with E-state index < -0.39 is 0 Å². The van der Waals surface area contributed by atoms with Crippen LogP contribution >= 0.6 is 11.3 Å². The third-order valence-electron chi connectivity index (χ3n) is 3.11. The lowest BCUT2D eigenvalue weighted by atomic mass is 9.96. The maximum absolute atomic E-state index is 5.88. The average molecular weight is 249 g/mol. The summed E-state index contributed by atoms with van der Waals surface area (Å²) >= 11 is 1.67. The molecular formula is C12H15N3OS. The van der Waals surface area contributed by atoms with Crippen LogP contribution in [0.5, 0.6) is 5.88 Å². The zero-order chi connectivity index (χ0) is 11.8. The SMILES string of the molecule is CCc1cc2c(OC3CCC3)nc(N)nc2s1. The Morgan fingerprint density at radius 3 is 2.94 bits per heavy atom. The van der Waals surface area contributed by atoms with E-state index in [-0.39, 0.29) is 0 Å². The number of hydrogen-bond donors (Lipinski definition) is 1. The van der Waals surface area contributed by atoms with Crippen molar-refractivity contribution in [1.29, 1.82) is 0 Å². The maximum atomic E-state index is 5.88. The molecule has 0 aromatic carbocycles. The smallest absolute Gasteiger partial charge is 0.227 e. The second kappa shape index (κ2) is 4.14. The normalized spacial score (nSPS) is 16.1. The second-order valence-corrected chi connectivity index (χ2v) is 5.46. The highest BCUT2D eigenvalue weighted by atomic mass is 32.1. The van der Waals surface area contributed by atoms with Gasteiger partial charge < -0.3 is 10.5 Å². The number of nitrogens with two attached hydrogens (primary N) is 1. The highest BCUT2D eigenvalue weighted by molar-refractivity contribution is 7.18. The quantitative estimate of drug-likeness (QED) is 0.908. The Labute approximate surface area is 104 Å². The molecule has 2 N–H and O–H groups in total. The highest BCUT2D eigenvalue weighted by Gasteiger charge is 2.21. The lowest BCUT2D eigenvalue weighted by Gasteiger charge is -2.25. The molecule has 17 heavy (non-hydrogen) atoms. The number of nitrogen functional groups attached to an aromatic ring is 1. The zero-order valence-corrected chi connectivity index (χ0v) is 10.6. The van der Waals surface area contributed by atoms with Crippen LogP contribution in [-0.2, 0) is 6.42 Å².